The number of thiophene rings is 1. The molecule has 8 heteroatoms. The summed E-state index contributed by atoms with van der Waals surface area (Å²) in [5.41, 5.74) is 3.41. The number of nitrogens with one attached hydrogen (secondary N) is 1. The van der Waals surface area contributed by atoms with Crippen molar-refractivity contribution in [2.75, 3.05) is 18.5 Å². The number of halogens is 1. The molecule has 0 aliphatic heterocycles. The van der Waals surface area contributed by atoms with Gasteiger partial charge in [0.2, 0.25) is 0 Å². The topological polar surface area (TPSA) is 77.0 Å². The van der Waals surface area contributed by atoms with Crippen LogP contribution < -0.4 is 10.1 Å². The van der Waals surface area contributed by atoms with Gasteiger partial charge in [0.1, 0.15) is 10.8 Å². The summed E-state index contributed by atoms with van der Waals surface area (Å²) in [4.78, 5) is 30.7. The minimum Gasteiger partial charge on any atom is -0.481 e. The molecule has 0 atom stereocenters. The molecular weight excluding hydrogens is 516 g/mol. The minimum absolute atomic E-state index is 0.123. The van der Waals surface area contributed by atoms with Gasteiger partial charge in [-0.15, -0.1) is 11.3 Å². The molecule has 0 saturated heterocycles. The van der Waals surface area contributed by atoms with Gasteiger partial charge >= 0.3 is 5.97 Å². The number of esters is 1. The van der Waals surface area contributed by atoms with E-state index in [0.717, 1.165) is 47.5 Å². The Balaban J connectivity index is 1.54. The van der Waals surface area contributed by atoms with E-state index >= 15 is 0 Å². The summed E-state index contributed by atoms with van der Waals surface area (Å²) >= 11 is 5.08. The average molecular weight is 541 g/mol. The van der Waals surface area contributed by atoms with Gasteiger partial charge in [-0.25, -0.2) is 9.79 Å². The lowest BCUT2D eigenvalue weighted by atomic mass is 9.95. The van der Waals surface area contributed by atoms with E-state index in [1.54, 1.807) is 30.5 Å². The Morgan fingerprint density at radius 2 is 1.94 bits per heavy atom. The van der Waals surface area contributed by atoms with Crippen LogP contribution in [0.3, 0.4) is 0 Å². The predicted octanol–water partition coefficient (Wildman–Crippen LogP) is 6.33. The van der Waals surface area contributed by atoms with Gasteiger partial charge in [0.15, 0.2) is 6.61 Å². The molecule has 0 bridgehead atoms. The van der Waals surface area contributed by atoms with Gasteiger partial charge in [-0.2, -0.15) is 0 Å². The fourth-order valence-corrected chi connectivity index (χ4v) is 5.52. The number of fused-ring (bicyclic) bond motifs is 1. The molecular formula is C26H25BrN2O4S. The Morgan fingerprint density at radius 1 is 1.15 bits per heavy atom. The van der Waals surface area contributed by atoms with E-state index in [-0.39, 0.29) is 12.5 Å². The van der Waals surface area contributed by atoms with Gasteiger partial charge in [0.05, 0.1) is 16.6 Å². The fourth-order valence-electron chi connectivity index (χ4n) is 3.78. The van der Waals surface area contributed by atoms with Crippen LogP contribution in [0.4, 0.5) is 10.7 Å². The molecule has 2 aromatic carbocycles. The molecule has 0 unspecified atom stereocenters. The van der Waals surface area contributed by atoms with Gasteiger partial charge in [-0.3, -0.25) is 4.79 Å². The van der Waals surface area contributed by atoms with Crippen LogP contribution in [0.5, 0.6) is 5.75 Å². The number of carbonyl (C=O) groups excluding carboxylic acids is 2. The van der Waals surface area contributed by atoms with E-state index in [4.69, 9.17) is 14.5 Å². The normalized spacial score (nSPS) is 12.9. The standard InChI is InChI=1S/C26H25BrN2O4S/c1-2-32-23(30)16-33-21-13-12-17(14-20(21)27)15-28-26-24(19-10-6-7-11-22(19)34-26)25(31)29-18-8-4-3-5-9-18/h3-5,8-9,12-15H,2,6-7,10-11,16H2,1H3,(H,29,31). The van der Waals surface area contributed by atoms with Crippen molar-refractivity contribution in [1.82, 2.24) is 0 Å². The third-order valence-corrected chi connectivity index (χ3v) is 7.17. The van der Waals surface area contributed by atoms with Gasteiger partial charge < -0.3 is 14.8 Å². The maximum atomic E-state index is 13.2. The van der Waals surface area contributed by atoms with Crippen LogP contribution in [0, 0.1) is 0 Å². The minimum atomic E-state index is -0.414. The van der Waals surface area contributed by atoms with Crippen molar-refractivity contribution >= 4 is 56.0 Å². The van der Waals surface area contributed by atoms with Crippen LogP contribution in [0.15, 0.2) is 58.0 Å². The van der Waals surface area contributed by atoms with E-state index in [0.29, 0.717) is 22.4 Å². The molecule has 0 fully saturated rings. The number of aliphatic imine (C=N–C) groups is 1. The van der Waals surface area contributed by atoms with Crippen molar-refractivity contribution in [3.63, 3.8) is 0 Å². The summed E-state index contributed by atoms with van der Waals surface area (Å²) in [5.74, 6) is 0.00405. The van der Waals surface area contributed by atoms with Crippen LogP contribution in [-0.2, 0) is 22.4 Å². The molecule has 34 heavy (non-hydrogen) atoms. The number of nitrogens with zero attached hydrogens (tertiary/aromatic N) is 1. The molecule has 0 saturated carbocycles. The summed E-state index contributed by atoms with van der Waals surface area (Å²) in [7, 11) is 0. The number of para-hydroxylation sites is 1. The maximum absolute atomic E-state index is 13.2. The summed E-state index contributed by atoms with van der Waals surface area (Å²) in [6, 6.07) is 15.0. The number of benzene rings is 2. The summed E-state index contributed by atoms with van der Waals surface area (Å²) in [5, 5.41) is 3.74. The van der Waals surface area contributed by atoms with Crippen molar-refractivity contribution in [1.29, 1.82) is 0 Å². The zero-order valence-electron chi connectivity index (χ0n) is 18.8. The Hall–Kier alpha value is -2.97. The highest BCUT2D eigenvalue weighted by Gasteiger charge is 2.25. The Morgan fingerprint density at radius 3 is 2.71 bits per heavy atom. The molecule has 1 N–H and O–H groups in total. The second-order valence-electron chi connectivity index (χ2n) is 7.75. The van der Waals surface area contributed by atoms with Crippen molar-refractivity contribution in [3.05, 3.63) is 74.6 Å². The lowest BCUT2D eigenvalue weighted by Crippen LogP contribution is -2.14. The number of amides is 1. The molecule has 0 spiro atoms. The third-order valence-electron chi connectivity index (χ3n) is 5.35. The lowest BCUT2D eigenvalue weighted by molar-refractivity contribution is -0.145. The molecule has 1 aromatic heterocycles. The van der Waals surface area contributed by atoms with Crippen molar-refractivity contribution in [2.45, 2.75) is 32.6 Å². The van der Waals surface area contributed by atoms with Crippen LogP contribution in [0.2, 0.25) is 0 Å². The van der Waals surface area contributed by atoms with Gasteiger partial charge in [-0.05, 0) is 90.0 Å². The first-order chi connectivity index (χ1) is 16.5. The number of ether oxygens (including phenoxy) is 2. The van der Waals surface area contributed by atoms with Crippen LogP contribution in [-0.4, -0.2) is 31.3 Å². The van der Waals surface area contributed by atoms with Crippen molar-refractivity contribution in [3.8, 4) is 5.75 Å². The largest absolute Gasteiger partial charge is 0.481 e. The smallest absolute Gasteiger partial charge is 0.344 e. The molecule has 4 rings (SSSR count). The molecule has 1 aliphatic carbocycles. The van der Waals surface area contributed by atoms with Gasteiger partial charge in [0, 0.05) is 16.8 Å². The van der Waals surface area contributed by atoms with E-state index in [2.05, 4.69) is 21.2 Å². The first-order valence-corrected chi connectivity index (χ1v) is 12.8. The number of hydrogen-bond acceptors (Lipinski definition) is 6. The molecule has 1 amide bonds. The van der Waals surface area contributed by atoms with Gasteiger partial charge in [-0.1, -0.05) is 18.2 Å². The number of hydrogen-bond donors (Lipinski definition) is 1. The van der Waals surface area contributed by atoms with Crippen LogP contribution in [0.1, 0.15) is 46.1 Å². The second kappa shape index (κ2) is 11.4. The number of anilines is 1. The van der Waals surface area contributed by atoms with Crippen LogP contribution in [0.25, 0.3) is 0 Å². The Kier molecular flexibility index (Phi) is 8.13. The number of aryl methyl sites for hydroxylation is 1. The van der Waals surface area contributed by atoms with Crippen molar-refractivity contribution < 1.29 is 19.1 Å². The van der Waals surface area contributed by atoms with Crippen molar-refractivity contribution in [2.24, 2.45) is 4.99 Å². The quantitative estimate of drug-likeness (QED) is 0.267. The molecule has 1 aliphatic rings. The lowest BCUT2D eigenvalue weighted by Gasteiger charge is -2.12. The highest BCUT2D eigenvalue weighted by atomic mass is 79.9. The Bertz CT molecular complexity index is 1210. The summed E-state index contributed by atoms with van der Waals surface area (Å²) in [6.45, 7) is 1.92. The second-order valence-corrected chi connectivity index (χ2v) is 9.69. The highest BCUT2D eigenvalue weighted by Crippen LogP contribution is 2.40. The SMILES string of the molecule is CCOC(=O)COc1ccc(C=Nc2sc3c(c2C(=O)Nc2ccccc2)CCCC3)cc1Br. The molecule has 1 heterocycles. The predicted molar refractivity (Wildman–Crippen MR) is 139 cm³/mol. The number of carbonyl (C=O) groups is 2. The summed E-state index contributed by atoms with van der Waals surface area (Å²) < 4.78 is 11.1. The highest BCUT2D eigenvalue weighted by molar-refractivity contribution is 9.10. The van der Waals surface area contributed by atoms with E-state index in [1.807, 2.05) is 42.5 Å². The number of rotatable bonds is 8. The van der Waals surface area contributed by atoms with Gasteiger partial charge in [0.25, 0.3) is 5.91 Å². The zero-order valence-corrected chi connectivity index (χ0v) is 21.2. The monoisotopic (exact) mass is 540 g/mol. The zero-order chi connectivity index (χ0) is 23.9. The maximum Gasteiger partial charge on any atom is 0.344 e. The first kappa shape index (κ1) is 24.2. The molecule has 6 nitrogen and oxygen atoms in total. The average Bonchev–Trinajstić information content (AvgIpc) is 3.21. The molecule has 0 radical (unpaired) electrons. The third kappa shape index (κ3) is 5.93. The Labute approximate surface area is 211 Å². The van der Waals surface area contributed by atoms with Crippen LogP contribution >= 0.6 is 27.3 Å². The molecule has 176 valence electrons. The fraction of sp³-hybridized carbons (Fsp3) is 0.269. The van der Waals surface area contributed by atoms with E-state index in [9.17, 15) is 9.59 Å². The van der Waals surface area contributed by atoms with E-state index < -0.39 is 5.97 Å². The molecule has 3 aromatic rings. The van der Waals surface area contributed by atoms with E-state index in [1.165, 1.54) is 4.88 Å². The first-order valence-electron chi connectivity index (χ1n) is 11.2. The summed E-state index contributed by atoms with van der Waals surface area (Å²) in [6.07, 6.45) is 5.85.